The molecule has 5 nitrogen and oxygen atoms in total. The van der Waals surface area contributed by atoms with E-state index in [1.807, 2.05) is 13.8 Å². The van der Waals surface area contributed by atoms with Crippen molar-refractivity contribution in [3.63, 3.8) is 0 Å². The highest BCUT2D eigenvalue weighted by molar-refractivity contribution is 5.90. The maximum atomic E-state index is 12.4. The van der Waals surface area contributed by atoms with Crippen LogP contribution < -0.4 is 5.73 Å². The normalized spacial score (nSPS) is 17.0. The molecule has 1 rings (SSSR count). The molecule has 1 aliphatic rings. The summed E-state index contributed by atoms with van der Waals surface area (Å²) in [7, 11) is 1.67. The van der Waals surface area contributed by atoms with Crippen molar-refractivity contribution in [1.29, 1.82) is 0 Å². The fraction of sp³-hybridized carbons (Fsp3) is 0.857. The maximum Gasteiger partial charge on any atom is 0.242 e. The Morgan fingerprint density at radius 1 is 1.10 bits per heavy atom. The Morgan fingerprint density at radius 2 is 1.60 bits per heavy atom. The van der Waals surface area contributed by atoms with Crippen LogP contribution in [0.2, 0.25) is 0 Å². The molecule has 0 bridgehead atoms. The Kier molecular flexibility index (Phi) is 8.13. The molecule has 0 aromatic carbocycles. The van der Waals surface area contributed by atoms with Crippen molar-refractivity contribution in [2.45, 2.75) is 51.5 Å². The Labute approximate surface area is 128 Å². The molecule has 0 saturated heterocycles. The van der Waals surface area contributed by atoms with Crippen LogP contribution in [0.5, 0.6) is 0 Å². The zero-order valence-electron chi connectivity index (χ0n) is 12.9. The predicted octanol–water partition coefficient (Wildman–Crippen LogP) is 1.40. The number of carbonyl (C=O) groups is 2. The number of rotatable bonds is 5. The fourth-order valence-electron chi connectivity index (χ4n) is 2.73. The van der Waals surface area contributed by atoms with Gasteiger partial charge in [0, 0.05) is 20.1 Å². The second-order valence-corrected chi connectivity index (χ2v) is 5.44. The van der Waals surface area contributed by atoms with Crippen molar-refractivity contribution < 1.29 is 9.59 Å². The first-order valence-corrected chi connectivity index (χ1v) is 7.26. The molecule has 0 unspecified atom stereocenters. The zero-order chi connectivity index (χ0) is 14.5. The molecule has 0 aromatic rings. The molecular formula is C14H28ClN3O2. The molecule has 0 aliphatic heterocycles. The minimum absolute atomic E-state index is 0. The number of hydrogen-bond donors (Lipinski definition) is 1. The van der Waals surface area contributed by atoms with Gasteiger partial charge in [-0.2, -0.15) is 0 Å². The summed E-state index contributed by atoms with van der Waals surface area (Å²) in [6.45, 7) is 5.35. The van der Waals surface area contributed by atoms with Gasteiger partial charge in [0.1, 0.15) is 0 Å². The minimum Gasteiger partial charge on any atom is -0.342 e. The van der Waals surface area contributed by atoms with Crippen LogP contribution in [0.1, 0.15) is 46.0 Å². The highest BCUT2D eigenvalue weighted by atomic mass is 35.5. The van der Waals surface area contributed by atoms with E-state index in [1.165, 1.54) is 4.90 Å². The standard InChI is InChI=1S/C14H27N3O2.ClH/c1-4-17(5-2)12(18)11-16(3)13(19)14(15)9-7-6-8-10-14;/h4-11,15H2,1-3H3;1H. The van der Waals surface area contributed by atoms with Gasteiger partial charge in [0.15, 0.2) is 0 Å². The van der Waals surface area contributed by atoms with Crippen LogP contribution in [0.25, 0.3) is 0 Å². The van der Waals surface area contributed by atoms with E-state index >= 15 is 0 Å². The molecule has 6 heteroatoms. The molecule has 0 atom stereocenters. The van der Waals surface area contributed by atoms with Crippen molar-refractivity contribution in [2.24, 2.45) is 5.73 Å². The lowest BCUT2D eigenvalue weighted by Gasteiger charge is -2.35. The summed E-state index contributed by atoms with van der Waals surface area (Å²) in [6.07, 6.45) is 4.61. The summed E-state index contributed by atoms with van der Waals surface area (Å²) in [4.78, 5) is 27.6. The van der Waals surface area contributed by atoms with E-state index in [0.717, 1.165) is 32.1 Å². The first kappa shape index (κ1) is 19.2. The van der Waals surface area contributed by atoms with E-state index in [9.17, 15) is 9.59 Å². The van der Waals surface area contributed by atoms with E-state index in [2.05, 4.69) is 0 Å². The largest absolute Gasteiger partial charge is 0.342 e. The van der Waals surface area contributed by atoms with Crippen LogP contribution in [-0.2, 0) is 9.59 Å². The Balaban J connectivity index is 0.00000361. The molecule has 1 fully saturated rings. The number of halogens is 1. The van der Waals surface area contributed by atoms with Gasteiger partial charge in [-0.3, -0.25) is 9.59 Å². The van der Waals surface area contributed by atoms with Crippen molar-refractivity contribution in [2.75, 3.05) is 26.7 Å². The summed E-state index contributed by atoms with van der Waals surface area (Å²) < 4.78 is 0. The van der Waals surface area contributed by atoms with Crippen LogP contribution >= 0.6 is 12.4 Å². The van der Waals surface area contributed by atoms with E-state index < -0.39 is 5.54 Å². The van der Waals surface area contributed by atoms with Gasteiger partial charge in [0.2, 0.25) is 11.8 Å². The van der Waals surface area contributed by atoms with Gasteiger partial charge in [-0.15, -0.1) is 12.4 Å². The van der Waals surface area contributed by atoms with Gasteiger partial charge < -0.3 is 15.5 Å². The monoisotopic (exact) mass is 305 g/mol. The Morgan fingerprint density at radius 3 is 2.05 bits per heavy atom. The van der Waals surface area contributed by atoms with E-state index in [-0.39, 0.29) is 30.8 Å². The van der Waals surface area contributed by atoms with Crippen molar-refractivity contribution in [3.8, 4) is 0 Å². The van der Waals surface area contributed by atoms with Crippen LogP contribution in [-0.4, -0.2) is 53.8 Å². The van der Waals surface area contributed by atoms with Crippen LogP contribution in [0, 0.1) is 0 Å². The molecule has 0 aromatic heterocycles. The molecule has 0 heterocycles. The van der Waals surface area contributed by atoms with Crippen LogP contribution in [0.3, 0.4) is 0 Å². The smallest absolute Gasteiger partial charge is 0.242 e. The fourth-order valence-corrected chi connectivity index (χ4v) is 2.73. The Hall–Kier alpha value is -0.810. The summed E-state index contributed by atoms with van der Waals surface area (Å²) in [5, 5.41) is 0. The first-order chi connectivity index (χ1) is 8.94. The molecule has 0 radical (unpaired) electrons. The van der Waals surface area contributed by atoms with Crippen LogP contribution in [0.15, 0.2) is 0 Å². The van der Waals surface area contributed by atoms with Gasteiger partial charge in [-0.05, 0) is 26.7 Å². The summed E-state index contributed by atoms with van der Waals surface area (Å²) in [6, 6.07) is 0. The zero-order valence-corrected chi connectivity index (χ0v) is 13.7. The molecule has 2 amide bonds. The molecule has 2 N–H and O–H groups in total. The van der Waals surface area contributed by atoms with E-state index in [1.54, 1.807) is 11.9 Å². The molecule has 0 spiro atoms. The summed E-state index contributed by atoms with van der Waals surface area (Å²) in [5.74, 6) is -0.104. The third kappa shape index (κ3) is 4.63. The van der Waals surface area contributed by atoms with Gasteiger partial charge in [-0.1, -0.05) is 19.3 Å². The van der Waals surface area contributed by atoms with E-state index in [4.69, 9.17) is 5.73 Å². The molecular weight excluding hydrogens is 278 g/mol. The number of nitrogens with two attached hydrogens (primary N) is 1. The average Bonchev–Trinajstić information content (AvgIpc) is 2.40. The summed E-state index contributed by atoms with van der Waals surface area (Å²) >= 11 is 0. The Bertz CT molecular complexity index is 326. The number of nitrogens with zero attached hydrogens (tertiary/aromatic N) is 2. The van der Waals surface area contributed by atoms with Gasteiger partial charge >= 0.3 is 0 Å². The van der Waals surface area contributed by atoms with Crippen LogP contribution in [0.4, 0.5) is 0 Å². The predicted molar refractivity (Wildman–Crippen MR) is 82.8 cm³/mol. The quantitative estimate of drug-likeness (QED) is 0.835. The highest BCUT2D eigenvalue weighted by Gasteiger charge is 2.37. The lowest BCUT2D eigenvalue weighted by atomic mass is 9.81. The summed E-state index contributed by atoms with van der Waals surface area (Å²) in [5.41, 5.74) is 5.45. The topological polar surface area (TPSA) is 66.6 Å². The lowest BCUT2D eigenvalue weighted by molar-refractivity contribution is -0.143. The highest BCUT2D eigenvalue weighted by Crippen LogP contribution is 2.27. The van der Waals surface area contributed by atoms with E-state index in [0.29, 0.717) is 13.1 Å². The number of likely N-dealkylation sites (N-methyl/N-ethyl adjacent to an activating group) is 2. The van der Waals surface area contributed by atoms with Crippen molar-refractivity contribution >= 4 is 24.2 Å². The van der Waals surface area contributed by atoms with Gasteiger partial charge in [0.25, 0.3) is 0 Å². The van der Waals surface area contributed by atoms with Crippen molar-refractivity contribution in [1.82, 2.24) is 9.80 Å². The molecule has 1 aliphatic carbocycles. The number of amides is 2. The number of hydrogen-bond acceptors (Lipinski definition) is 3. The average molecular weight is 306 g/mol. The molecule has 1 saturated carbocycles. The number of carbonyl (C=O) groups excluding carboxylic acids is 2. The second-order valence-electron chi connectivity index (χ2n) is 5.44. The molecule has 20 heavy (non-hydrogen) atoms. The van der Waals surface area contributed by atoms with Gasteiger partial charge in [0.05, 0.1) is 12.1 Å². The maximum absolute atomic E-state index is 12.4. The third-order valence-electron chi connectivity index (χ3n) is 4.01. The first-order valence-electron chi connectivity index (χ1n) is 7.26. The third-order valence-corrected chi connectivity index (χ3v) is 4.01. The SMILES string of the molecule is CCN(CC)C(=O)CN(C)C(=O)C1(N)CCCCC1.Cl. The minimum atomic E-state index is -0.753. The lowest BCUT2D eigenvalue weighted by Crippen LogP contribution is -2.56. The molecule has 118 valence electrons. The van der Waals surface area contributed by atoms with Gasteiger partial charge in [-0.25, -0.2) is 0 Å². The van der Waals surface area contributed by atoms with Crippen molar-refractivity contribution in [3.05, 3.63) is 0 Å². The second kappa shape index (κ2) is 8.47.